The molecular weight excluding hydrogens is 282 g/mol. The van der Waals surface area contributed by atoms with Crippen LogP contribution < -0.4 is 24.8 Å². The van der Waals surface area contributed by atoms with Crippen LogP contribution in [0.15, 0.2) is 23.2 Å². The number of fused-ring (bicyclic) bond motifs is 1. The van der Waals surface area contributed by atoms with Gasteiger partial charge >= 0.3 is 0 Å². The molecule has 6 nitrogen and oxygen atoms in total. The minimum absolute atomic E-state index is 0.278. The van der Waals surface area contributed by atoms with Crippen LogP contribution in [0.25, 0.3) is 0 Å². The maximum absolute atomic E-state index is 5.70. The van der Waals surface area contributed by atoms with Gasteiger partial charge in [-0.3, -0.25) is 0 Å². The van der Waals surface area contributed by atoms with Gasteiger partial charge in [0, 0.05) is 18.7 Å². The number of rotatable bonds is 6. The lowest BCUT2D eigenvalue weighted by Gasteiger charge is -2.11. The van der Waals surface area contributed by atoms with E-state index >= 15 is 0 Å². The number of hydrogen-bond acceptors (Lipinski definition) is 4. The van der Waals surface area contributed by atoms with Gasteiger partial charge in [0.25, 0.3) is 0 Å². The normalized spacial score (nSPS) is 22.4. The number of nitrogens with zero attached hydrogens (tertiary/aromatic N) is 1. The molecule has 120 valence electrons. The molecule has 1 aliphatic carbocycles. The average molecular weight is 305 g/mol. The lowest BCUT2D eigenvalue weighted by Crippen LogP contribution is -2.39. The zero-order chi connectivity index (χ0) is 15.4. The fourth-order valence-corrected chi connectivity index (χ4v) is 2.31. The van der Waals surface area contributed by atoms with Crippen molar-refractivity contribution in [2.75, 3.05) is 26.5 Å². The Morgan fingerprint density at radius 2 is 2.18 bits per heavy atom. The first kappa shape index (κ1) is 14.8. The van der Waals surface area contributed by atoms with Gasteiger partial charge in [-0.1, -0.05) is 6.92 Å². The molecule has 22 heavy (non-hydrogen) atoms. The van der Waals surface area contributed by atoms with E-state index in [-0.39, 0.29) is 6.79 Å². The molecule has 1 heterocycles. The molecule has 0 spiro atoms. The van der Waals surface area contributed by atoms with Crippen LogP contribution in [-0.2, 0) is 0 Å². The second-order valence-corrected chi connectivity index (χ2v) is 5.59. The first-order valence-electron chi connectivity index (χ1n) is 7.83. The third-order valence-electron chi connectivity index (χ3n) is 3.75. The Morgan fingerprint density at radius 1 is 1.36 bits per heavy atom. The van der Waals surface area contributed by atoms with E-state index in [0.717, 1.165) is 35.7 Å². The van der Waals surface area contributed by atoms with Crippen molar-refractivity contribution in [2.24, 2.45) is 10.9 Å². The first-order valence-corrected chi connectivity index (χ1v) is 7.83. The molecule has 1 saturated carbocycles. The van der Waals surface area contributed by atoms with Gasteiger partial charge in [0.1, 0.15) is 12.4 Å². The Bertz CT molecular complexity index is 547. The maximum atomic E-state index is 5.70. The molecule has 2 atom stereocenters. The van der Waals surface area contributed by atoms with Crippen molar-refractivity contribution in [1.82, 2.24) is 10.6 Å². The monoisotopic (exact) mass is 305 g/mol. The van der Waals surface area contributed by atoms with E-state index in [1.807, 2.05) is 18.2 Å². The van der Waals surface area contributed by atoms with Gasteiger partial charge in [0.05, 0.1) is 6.54 Å². The molecule has 0 saturated heterocycles. The summed E-state index contributed by atoms with van der Waals surface area (Å²) in [5, 5.41) is 6.68. The molecule has 2 aliphatic rings. The Balaban J connectivity index is 1.45. The molecule has 1 aromatic rings. The van der Waals surface area contributed by atoms with E-state index in [1.165, 1.54) is 6.42 Å². The SMILES string of the molecule is CCNC(=NCCOc1ccc2c(c1)OCO2)NC1CC1C. The van der Waals surface area contributed by atoms with Crippen molar-refractivity contribution in [3.63, 3.8) is 0 Å². The molecule has 2 unspecified atom stereocenters. The van der Waals surface area contributed by atoms with Crippen LogP contribution in [0, 0.1) is 5.92 Å². The average Bonchev–Trinajstić information content (AvgIpc) is 3.01. The minimum Gasteiger partial charge on any atom is -0.492 e. The number of guanidine groups is 1. The maximum Gasteiger partial charge on any atom is 0.231 e. The molecule has 6 heteroatoms. The highest BCUT2D eigenvalue weighted by Gasteiger charge is 2.33. The van der Waals surface area contributed by atoms with Gasteiger partial charge in [-0.2, -0.15) is 0 Å². The van der Waals surface area contributed by atoms with Crippen LogP contribution in [0.5, 0.6) is 17.2 Å². The van der Waals surface area contributed by atoms with Gasteiger partial charge in [0.2, 0.25) is 6.79 Å². The topological polar surface area (TPSA) is 64.1 Å². The first-order chi connectivity index (χ1) is 10.8. The van der Waals surface area contributed by atoms with Crippen LogP contribution >= 0.6 is 0 Å². The number of nitrogens with one attached hydrogen (secondary N) is 2. The molecule has 2 N–H and O–H groups in total. The van der Waals surface area contributed by atoms with E-state index in [0.29, 0.717) is 19.2 Å². The zero-order valence-electron chi connectivity index (χ0n) is 13.1. The minimum atomic E-state index is 0.278. The number of hydrogen-bond donors (Lipinski definition) is 2. The fourth-order valence-electron chi connectivity index (χ4n) is 2.31. The smallest absolute Gasteiger partial charge is 0.231 e. The summed E-state index contributed by atoms with van der Waals surface area (Å²) in [4.78, 5) is 4.53. The summed E-state index contributed by atoms with van der Waals surface area (Å²) >= 11 is 0. The molecule has 0 bridgehead atoms. The molecule has 1 aromatic carbocycles. The summed E-state index contributed by atoms with van der Waals surface area (Å²) < 4.78 is 16.3. The second kappa shape index (κ2) is 6.77. The Kier molecular flexibility index (Phi) is 4.56. The van der Waals surface area contributed by atoms with Crippen molar-refractivity contribution in [2.45, 2.75) is 26.3 Å². The van der Waals surface area contributed by atoms with Crippen molar-refractivity contribution in [1.29, 1.82) is 0 Å². The molecule has 0 aromatic heterocycles. The highest BCUT2D eigenvalue weighted by molar-refractivity contribution is 5.80. The quantitative estimate of drug-likeness (QED) is 0.476. The predicted octanol–water partition coefficient (Wildman–Crippen LogP) is 1.76. The molecule has 1 aliphatic heterocycles. The van der Waals surface area contributed by atoms with E-state index < -0.39 is 0 Å². The van der Waals surface area contributed by atoms with Crippen molar-refractivity contribution < 1.29 is 14.2 Å². The Hall–Kier alpha value is -2.11. The van der Waals surface area contributed by atoms with Crippen LogP contribution in [0.2, 0.25) is 0 Å². The highest BCUT2D eigenvalue weighted by Crippen LogP contribution is 2.35. The largest absolute Gasteiger partial charge is 0.492 e. The van der Waals surface area contributed by atoms with Gasteiger partial charge in [-0.15, -0.1) is 0 Å². The fraction of sp³-hybridized carbons (Fsp3) is 0.562. The number of ether oxygens (including phenoxy) is 3. The van der Waals surface area contributed by atoms with E-state index in [1.54, 1.807) is 0 Å². The number of benzene rings is 1. The summed E-state index contributed by atoms with van der Waals surface area (Å²) in [6, 6.07) is 6.15. The molecule has 0 radical (unpaired) electrons. The summed E-state index contributed by atoms with van der Waals surface area (Å²) in [5.74, 6) is 3.88. The summed E-state index contributed by atoms with van der Waals surface area (Å²) in [6.45, 7) is 6.57. The van der Waals surface area contributed by atoms with E-state index in [4.69, 9.17) is 14.2 Å². The Labute approximate surface area is 130 Å². The van der Waals surface area contributed by atoms with Gasteiger partial charge in [0.15, 0.2) is 17.5 Å². The summed E-state index contributed by atoms with van der Waals surface area (Å²) in [5.41, 5.74) is 0. The number of aliphatic imine (C=N–C) groups is 1. The van der Waals surface area contributed by atoms with E-state index in [9.17, 15) is 0 Å². The molecule has 0 amide bonds. The van der Waals surface area contributed by atoms with E-state index in [2.05, 4.69) is 29.5 Å². The van der Waals surface area contributed by atoms with Gasteiger partial charge in [-0.05, 0) is 31.4 Å². The predicted molar refractivity (Wildman–Crippen MR) is 84.7 cm³/mol. The summed E-state index contributed by atoms with van der Waals surface area (Å²) in [7, 11) is 0. The second-order valence-electron chi connectivity index (χ2n) is 5.59. The van der Waals surface area contributed by atoms with Crippen molar-refractivity contribution in [3.05, 3.63) is 18.2 Å². The van der Waals surface area contributed by atoms with Gasteiger partial charge < -0.3 is 24.8 Å². The van der Waals surface area contributed by atoms with Crippen LogP contribution in [0.1, 0.15) is 20.3 Å². The van der Waals surface area contributed by atoms with Crippen LogP contribution in [-0.4, -0.2) is 38.5 Å². The molecular formula is C16H23N3O3. The lowest BCUT2D eigenvalue weighted by molar-refractivity contribution is 0.174. The highest BCUT2D eigenvalue weighted by atomic mass is 16.7. The third kappa shape index (κ3) is 3.75. The van der Waals surface area contributed by atoms with Gasteiger partial charge in [-0.25, -0.2) is 4.99 Å². The standard InChI is InChI=1S/C16H23N3O3/c1-3-17-16(19-13-8-11(13)2)18-6-7-20-12-4-5-14-15(9-12)22-10-21-14/h4-5,9,11,13H,3,6-8,10H2,1-2H3,(H2,17,18,19). The third-order valence-corrected chi connectivity index (χ3v) is 3.75. The van der Waals surface area contributed by atoms with Crippen molar-refractivity contribution >= 4 is 5.96 Å². The summed E-state index contributed by atoms with van der Waals surface area (Å²) in [6.07, 6.45) is 1.22. The zero-order valence-corrected chi connectivity index (χ0v) is 13.1. The molecule has 1 fully saturated rings. The lowest BCUT2D eigenvalue weighted by atomic mass is 10.3. The molecule has 3 rings (SSSR count). The Morgan fingerprint density at radius 3 is 2.95 bits per heavy atom. The van der Waals surface area contributed by atoms with Crippen LogP contribution in [0.3, 0.4) is 0 Å². The van der Waals surface area contributed by atoms with Crippen LogP contribution in [0.4, 0.5) is 0 Å². The van der Waals surface area contributed by atoms with Crippen molar-refractivity contribution in [3.8, 4) is 17.2 Å².